The number of nitrogens with one attached hydrogen (secondary N) is 2. The minimum absolute atomic E-state index is 0.113. The number of anilines is 1. The summed E-state index contributed by atoms with van der Waals surface area (Å²) in [5.74, 6) is 0.360. The van der Waals surface area contributed by atoms with Crippen LogP contribution in [0.2, 0.25) is 0 Å². The molecule has 2 N–H and O–H groups in total. The minimum Gasteiger partial charge on any atom is -0.495 e. The fraction of sp³-hybridized carbons (Fsp3) is 0.389. The fourth-order valence-corrected chi connectivity index (χ4v) is 3.15. The smallest absolute Gasteiger partial charge is 0.249 e. The molecule has 1 unspecified atom stereocenters. The van der Waals surface area contributed by atoms with Crippen LogP contribution in [0.3, 0.4) is 0 Å². The number of aromatic amines is 1. The Balaban J connectivity index is 1.67. The predicted molar refractivity (Wildman–Crippen MR) is 93.7 cm³/mol. The van der Waals surface area contributed by atoms with Crippen LogP contribution in [0, 0.1) is 13.8 Å². The summed E-state index contributed by atoms with van der Waals surface area (Å²) < 4.78 is 5.33. The van der Waals surface area contributed by atoms with Gasteiger partial charge in [-0.2, -0.15) is 5.10 Å². The normalized spacial score (nSPS) is 17.0. The van der Waals surface area contributed by atoms with Gasteiger partial charge >= 0.3 is 0 Å². The molecule has 132 valence electrons. The van der Waals surface area contributed by atoms with Crippen LogP contribution in [0.5, 0.6) is 5.75 Å². The van der Waals surface area contributed by atoms with Crippen molar-refractivity contribution < 1.29 is 14.3 Å². The molecular weight excluding hydrogens is 320 g/mol. The molecule has 25 heavy (non-hydrogen) atoms. The van der Waals surface area contributed by atoms with Crippen molar-refractivity contribution in [3.8, 4) is 5.75 Å². The summed E-state index contributed by atoms with van der Waals surface area (Å²) in [6.07, 6.45) is 0.790. The van der Waals surface area contributed by atoms with E-state index in [2.05, 4.69) is 15.5 Å². The molecule has 0 spiro atoms. The number of hydrogen-bond donors (Lipinski definition) is 2. The van der Waals surface area contributed by atoms with Crippen LogP contribution in [0.25, 0.3) is 0 Å². The highest BCUT2D eigenvalue weighted by atomic mass is 16.5. The van der Waals surface area contributed by atoms with E-state index in [-0.39, 0.29) is 18.2 Å². The third kappa shape index (κ3) is 3.35. The van der Waals surface area contributed by atoms with Gasteiger partial charge in [-0.25, -0.2) is 0 Å². The third-order valence-corrected chi connectivity index (χ3v) is 4.53. The number of rotatable bonds is 5. The summed E-state index contributed by atoms with van der Waals surface area (Å²) in [5, 5.41) is 9.81. The van der Waals surface area contributed by atoms with Gasteiger partial charge in [-0.05, 0) is 32.4 Å². The Labute approximate surface area is 146 Å². The Hall–Kier alpha value is -2.83. The average molecular weight is 342 g/mol. The van der Waals surface area contributed by atoms with Crippen molar-refractivity contribution in [3.05, 3.63) is 41.2 Å². The quantitative estimate of drug-likeness (QED) is 0.862. The Morgan fingerprint density at radius 3 is 2.84 bits per heavy atom. The topological polar surface area (TPSA) is 87.3 Å². The van der Waals surface area contributed by atoms with Gasteiger partial charge in [0.05, 0.1) is 24.9 Å². The van der Waals surface area contributed by atoms with Gasteiger partial charge in [0.1, 0.15) is 11.8 Å². The summed E-state index contributed by atoms with van der Waals surface area (Å²) >= 11 is 0. The molecule has 0 saturated carbocycles. The maximum Gasteiger partial charge on any atom is 0.249 e. The Bertz CT molecular complexity index is 780. The number of aromatic nitrogens is 2. The highest BCUT2D eigenvalue weighted by Crippen LogP contribution is 2.31. The van der Waals surface area contributed by atoms with Gasteiger partial charge in [0, 0.05) is 17.8 Å². The zero-order valence-electron chi connectivity index (χ0n) is 14.6. The molecule has 0 radical (unpaired) electrons. The van der Waals surface area contributed by atoms with Crippen LogP contribution in [-0.4, -0.2) is 41.7 Å². The molecule has 2 aromatic rings. The summed E-state index contributed by atoms with van der Waals surface area (Å²) in [7, 11) is 1.58. The number of hydrogen-bond acceptors (Lipinski definition) is 4. The molecule has 1 aromatic carbocycles. The molecule has 1 aromatic heterocycles. The van der Waals surface area contributed by atoms with E-state index in [0.717, 1.165) is 22.6 Å². The van der Waals surface area contributed by atoms with E-state index in [1.54, 1.807) is 12.0 Å². The zero-order chi connectivity index (χ0) is 18.0. The lowest BCUT2D eigenvalue weighted by molar-refractivity contribution is -0.126. The number of aryl methyl sites for hydroxylation is 2. The van der Waals surface area contributed by atoms with E-state index in [1.165, 1.54) is 0 Å². The average Bonchev–Trinajstić information content (AvgIpc) is 3.12. The largest absolute Gasteiger partial charge is 0.495 e. The standard InChI is InChI=1S/C18H22N4O3/c1-11-13(12(2)21-20-11)10-17(23)19-14-8-9-22(18(14)24)15-6-4-5-7-16(15)25-3/h4-7,14H,8-10H2,1-3H3,(H,19,23)(H,20,21). The van der Waals surface area contributed by atoms with Crippen molar-refractivity contribution in [1.82, 2.24) is 15.5 Å². The van der Waals surface area contributed by atoms with Crippen LogP contribution in [0.1, 0.15) is 23.4 Å². The van der Waals surface area contributed by atoms with Crippen molar-refractivity contribution in [2.75, 3.05) is 18.6 Å². The number of H-pyrrole nitrogens is 1. The molecule has 1 saturated heterocycles. The maximum atomic E-state index is 12.7. The number of amides is 2. The number of para-hydroxylation sites is 2. The molecule has 1 aliphatic rings. The highest BCUT2D eigenvalue weighted by molar-refractivity contribution is 6.02. The number of nitrogens with zero attached hydrogens (tertiary/aromatic N) is 2. The van der Waals surface area contributed by atoms with Gasteiger partial charge in [0.25, 0.3) is 0 Å². The van der Waals surface area contributed by atoms with E-state index >= 15 is 0 Å². The minimum atomic E-state index is -0.509. The highest BCUT2D eigenvalue weighted by Gasteiger charge is 2.34. The molecule has 7 heteroatoms. The molecule has 7 nitrogen and oxygen atoms in total. The van der Waals surface area contributed by atoms with Gasteiger partial charge in [-0.1, -0.05) is 12.1 Å². The van der Waals surface area contributed by atoms with Gasteiger partial charge < -0.3 is 15.0 Å². The van der Waals surface area contributed by atoms with E-state index in [9.17, 15) is 9.59 Å². The summed E-state index contributed by atoms with van der Waals surface area (Å²) in [4.78, 5) is 26.7. The van der Waals surface area contributed by atoms with Crippen LogP contribution in [-0.2, 0) is 16.0 Å². The number of carbonyl (C=O) groups is 2. The lowest BCUT2D eigenvalue weighted by Crippen LogP contribution is -2.42. The van der Waals surface area contributed by atoms with E-state index in [0.29, 0.717) is 18.7 Å². The van der Waals surface area contributed by atoms with Crippen LogP contribution >= 0.6 is 0 Å². The number of methoxy groups -OCH3 is 1. The van der Waals surface area contributed by atoms with E-state index < -0.39 is 6.04 Å². The van der Waals surface area contributed by atoms with Crippen molar-refractivity contribution in [3.63, 3.8) is 0 Å². The number of carbonyl (C=O) groups excluding carboxylic acids is 2. The van der Waals surface area contributed by atoms with Crippen molar-refractivity contribution in [2.45, 2.75) is 32.7 Å². The molecule has 0 bridgehead atoms. The zero-order valence-corrected chi connectivity index (χ0v) is 14.6. The monoisotopic (exact) mass is 342 g/mol. The van der Waals surface area contributed by atoms with Crippen molar-refractivity contribution in [1.29, 1.82) is 0 Å². The van der Waals surface area contributed by atoms with Gasteiger partial charge in [-0.15, -0.1) is 0 Å². The molecule has 1 aliphatic heterocycles. The molecule has 3 rings (SSSR count). The molecule has 1 atom stereocenters. The Morgan fingerprint density at radius 2 is 2.16 bits per heavy atom. The molecular formula is C18H22N4O3. The maximum absolute atomic E-state index is 12.7. The first-order chi connectivity index (χ1) is 12.0. The van der Waals surface area contributed by atoms with E-state index in [4.69, 9.17) is 4.74 Å². The lowest BCUT2D eigenvalue weighted by atomic mass is 10.1. The molecule has 0 aliphatic carbocycles. The second-order valence-electron chi connectivity index (χ2n) is 6.16. The summed E-state index contributed by atoms with van der Waals surface area (Å²) in [6, 6.07) is 6.88. The third-order valence-electron chi connectivity index (χ3n) is 4.53. The predicted octanol–water partition coefficient (Wildman–Crippen LogP) is 1.50. The number of ether oxygens (including phenoxy) is 1. The fourth-order valence-electron chi connectivity index (χ4n) is 3.15. The second-order valence-corrected chi connectivity index (χ2v) is 6.16. The SMILES string of the molecule is COc1ccccc1N1CCC(NC(=O)Cc2c(C)n[nH]c2C)C1=O. The van der Waals surface area contributed by atoms with E-state index in [1.807, 2.05) is 38.1 Å². The molecule has 2 amide bonds. The molecule has 2 heterocycles. The summed E-state index contributed by atoms with van der Waals surface area (Å²) in [5.41, 5.74) is 3.29. The van der Waals surface area contributed by atoms with Gasteiger partial charge in [0.15, 0.2) is 0 Å². The van der Waals surface area contributed by atoms with Gasteiger partial charge in [0.2, 0.25) is 11.8 Å². The first-order valence-corrected chi connectivity index (χ1v) is 8.25. The summed E-state index contributed by atoms with van der Waals surface area (Å²) in [6.45, 7) is 4.29. The van der Waals surface area contributed by atoms with Gasteiger partial charge in [-0.3, -0.25) is 14.7 Å². The second kappa shape index (κ2) is 6.96. The first kappa shape index (κ1) is 17.0. The first-order valence-electron chi connectivity index (χ1n) is 8.25. The van der Waals surface area contributed by atoms with Crippen molar-refractivity contribution in [2.24, 2.45) is 0 Å². The van der Waals surface area contributed by atoms with Crippen LogP contribution in [0.4, 0.5) is 5.69 Å². The van der Waals surface area contributed by atoms with Crippen molar-refractivity contribution >= 4 is 17.5 Å². The Kier molecular flexibility index (Phi) is 4.74. The molecule has 1 fully saturated rings. The lowest BCUT2D eigenvalue weighted by Gasteiger charge is -2.19. The van der Waals surface area contributed by atoms with Crippen LogP contribution < -0.4 is 15.0 Å². The van der Waals surface area contributed by atoms with Crippen LogP contribution in [0.15, 0.2) is 24.3 Å². The number of benzene rings is 1. The Morgan fingerprint density at radius 1 is 1.40 bits per heavy atom.